The Labute approximate surface area is 156 Å². The molecule has 1 unspecified atom stereocenters. The molecule has 3 aliphatic rings. The lowest BCUT2D eigenvalue weighted by atomic mass is 9.66. The second-order valence-corrected chi connectivity index (χ2v) is 7.67. The van der Waals surface area contributed by atoms with Gasteiger partial charge in [0, 0.05) is 0 Å². The molecule has 6 atom stereocenters. The molecule has 2 amide bonds. The Kier molecular flexibility index (Phi) is 3.58. The summed E-state index contributed by atoms with van der Waals surface area (Å²) in [5.74, 6) is -3.92. The standard InChI is InChI=1S/C18H15F3N2O5/c1-16-10-11(17(2,28-16)13(25)12(16)24)15(27)23(14(10)26)8-4-3-7(6-22)9(5-8)18(19,20)21/h3-5,10-13,24-25H,1-2H3/t10-,11?,12-,13-,16+,17+/m0/s1. The van der Waals surface area contributed by atoms with Crippen LogP contribution in [0.5, 0.6) is 0 Å². The molecular weight excluding hydrogens is 381 g/mol. The number of halogens is 3. The minimum absolute atomic E-state index is 0.327. The van der Waals surface area contributed by atoms with Crippen LogP contribution in [0.15, 0.2) is 18.2 Å². The normalized spacial score (nSPS) is 39.4. The molecular formula is C18H15F3N2O5. The third-order valence-corrected chi connectivity index (χ3v) is 6.14. The van der Waals surface area contributed by atoms with Crippen molar-refractivity contribution >= 4 is 17.5 Å². The van der Waals surface area contributed by atoms with E-state index < -0.39 is 64.4 Å². The number of fused-ring (bicyclic) bond motifs is 5. The van der Waals surface area contributed by atoms with Gasteiger partial charge in [-0.2, -0.15) is 18.4 Å². The summed E-state index contributed by atoms with van der Waals surface area (Å²) in [4.78, 5) is 26.6. The van der Waals surface area contributed by atoms with E-state index >= 15 is 0 Å². The number of alkyl halides is 3. The average Bonchev–Trinajstić information content (AvgIpc) is 3.10. The van der Waals surface area contributed by atoms with Gasteiger partial charge in [-0.05, 0) is 32.0 Å². The maximum Gasteiger partial charge on any atom is 0.417 e. The third-order valence-electron chi connectivity index (χ3n) is 6.14. The van der Waals surface area contributed by atoms with E-state index in [4.69, 9.17) is 10.00 Å². The third kappa shape index (κ3) is 2.04. The summed E-state index contributed by atoms with van der Waals surface area (Å²) in [5.41, 5.74) is -5.31. The van der Waals surface area contributed by atoms with Crippen LogP contribution in [0, 0.1) is 23.2 Å². The minimum atomic E-state index is -4.85. The summed E-state index contributed by atoms with van der Waals surface area (Å²) in [6.45, 7) is 2.79. The lowest BCUT2D eigenvalue weighted by Crippen LogP contribution is -2.57. The molecule has 0 aromatic heterocycles. The Bertz CT molecular complexity index is 920. The van der Waals surface area contributed by atoms with Gasteiger partial charge in [0.1, 0.15) is 23.4 Å². The predicted octanol–water partition coefficient (Wildman–Crippen LogP) is 0.966. The number of anilines is 1. The second-order valence-electron chi connectivity index (χ2n) is 7.67. The van der Waals surface area contributed by atoms with Crippen LogP contribution in [0.2, 0.25) is 0 Å². The number of hydrogen-bond donors (Lipinski definition) is 2. The zero-order chi connectivity index (χ0) is 20.8. The number of imide groups is 1. The molecule has 3 aliphatic heterocycles. The Morgan fingerprint density at radius 3 is 2.04 bits per heavy atom. The SMILES string of the molecule is C[C@@]12O[C@](C)(C3C(=O)N(c4ccc(C#N)c(C(F)(F)F)c4)C(=O)[C@H]31)[C@@H](O)[C@@H]2O. The number of nitrogens with zero attached hydrogens (tertiary/aromatic N) is 2. The molecule has 0 saturated carbocycles. The first-order valence-corrected chi connectivity index (χ1v) is 8.43. The largest absolute Gasteiger partial charge is 0.417 e. The van der Waals surface area contributed by atoms with E-state index in [9.17, 15) is 33.0 Å². The van der Waals surface area contributed by atoms with Gasteiger partial charge in [0.05, 0.1) is 34.7 Å². The first-order chi connectivity index (χ1) is 12.9. The Balaban J connectivity index is 1.82. The second kappa shape index (κ2) is 5.31. The van der Waals surface area contributed by atoms with Crippen LogP contribution in [0.25, 0.3) is 0 Å². The number of carbonyl (C=O) groups is 2. The first kappa shape index (κ1) is 18.9. The molecule has 1 aromatic rings. The van der Waals surface area contributed by atoms with Gasteiger partial charge in [0.2, 0.25) is 11.8 Å². The highest BCUT2D eigenvalue weighted by atomic mass is 19.4. The number of carbonyl (C=O) groups excluding carboxylic acids is 2. The van der Waals surface area contributed by atoms with Crippen LogP contribution in [0.4, 0.5) is 18.9 Å². The molecule has 0 spiro atoms. The molecule has 3 saturated heterocycles. The van der Waals surface area contributed by atoms with Gasteiger partial charge >= 0.3 is 6.18 Å². The van der Waals surface area contributed by atoms with Crippen LogP contribution in [-0.4, -0.2) is 45.4 Å². The molecule has 10 heteroatoms. The van der Waals surface area contributed by atoms with Gasteiger partial charge in [-0.25, -0.2) is 4.90 Å². The molecule has 7 nitrogen and oxygen atoms in total. The monoisotopic (exact) mass is 396 g/mol. The van der Waals surface area contributed by atoms with Crippen molar-refractivity contribution in [1.29, 1.82) is 5.26 Å². The number of ether oxygens (including phenoxy) is 1. The Morgan fingerprint density at radius 2 is 1.61 bits per heavy atom. The van der Waals surface area contributed by atoms with Crippen LogP contribution in [0.1, 0.15) is 25.0 Å². The van der Waals surface area contributed by atoms with E-state index in [-0.39, 0.29) is 5.69 Å². The fourth-order valence-corrected chi connectivity index (χ4v) is 4.80. The van der Waals surface area contributed by atoms with Crippen molar-refractivity contribution in [1.82, 2.24) is 0 Å². The molecule has 2 N–H and O–H groups in total. The molecule has 4 rings (SSSR count). The van der Waals surface area contributed by atoms with Crippen molar-refractivity contribution < 1.29 is 37.7 Å². The van der Waals surface area contributed by atoms with E-state index in [1.54, 1.807) is 0 Å². The van der Waals surface area contributed by atoms with E-state index in [0.29, 0.717) is 11.0 Å². The predicted molar refractivity (Wildman–Crippen MR) is 85.5 cm³/mol. The molecule has 1 aromatic carbocycles. The number of rotatable bonds is 1. The van der Waals surface area contributed by atoms with E-state index in [2.05, 4.69) is 0 Å². The van der Waals surface area contributed by atoms with Crippen LogP contribution >= 0.6 is 0 Å². The van der Waals surface area contributed by atoms with Gasteiger partial charge in [-0.3, -0.25) is 9.59 Å². The van der Waals surface area contributed by atoms with Crippen molar-refractivity contribution in [3.8, 4) is 6.07 Å². The minimum Gasteiger partial charge on any atom is -0.387 e. The van der Waals surface area contributed by atoms with Crippen molar-refractivity contribution in [2.24, 2.45) is 11.8 Å². The summed E-state index contributed by atoms with van der Waals surface area (Å²) < 4.78 is 45.5. The topological polar surface area (TPSA) is 111 Å². The highest BCUT2D eigenvalue weighted by molar-refractivity contribution is 6.23. The first-order valence-electron chi connectivity index (χ1n) is 8.43. The number of benzene rings is 1. The zero-order valence-electron chi connectivity index (χ0n) is 14.7. The summed E-state index contributed by atoms with van der Waals surface area (Å²) in [7, 11) is 0. The smallest absolute Gasteiger partial charge is 0.387 e. The summed E-state index contributed by atoms with van der Waals surface area (Å²) in [5, 5.41) is 29.5. The van der Waals surface area contributed by atoms with Crippen LogP contribution in [-0.2, 0) is 20.5 Å². The summed E-state index contributed by atoms with van der Waals surface area (Å²) >= 11 is 0. The van der Waals surface area contributed by atoms with Crippen molar-refractivity contribution in [3.05, 3.63) is 29.3 Å². The van der Waals surface area contributed by atoms with Gasteiger partial charge in [-0.15, -0.1) is 0 Å². The molecule has 2 bridgehead atoms. The lowest BCUT2D eigenvalue weighted by molar-refractivity contribution is -0.138. The Hall–Kier alpha value is -2.48. The number of aliphatic hydroxyl groups excluding tert-OH is 2. The highest BCUT2D eigenvalue weighted by Gasteiger charge is 2.79. The summed E-state index contributed by atoms with van der Waals surface area (Å²) in [6, 6.07) is 4.00. The highest BCUT2D eigenvalue weighted by Crippen LogP contribution is 2.61. The van der Waals surface area contributed by atoms with Crippen molar-refractivity contribution in [2.45, 2.75) is 43.4 Å². The molecule has 0 radical (unpaired) electrons. The quantitative estimate of drug-likeness (QED) is 0.685. The van der Waals surface area contributed by atoms with Gasteiger partial charge in [0.15, 0.2) is 0 Å². The Morgan fingerprint density at radius 1 is 1.11 bits per heavy atom. The van der Waals surface area contributed by atoms with Gasteiger partial charge < -0.3 is 14.9 Å². The maximum absolute atomic E-state index is 13.3. The molecule has 28 heavy (non-hydrogen) atoms. The zero-order valence-corrected chi connectivity index (χ0v) is 14.7. The van der Waals surface area contributed by atoms with E-state index in [1.165, 1.54) is 19.9 Å². The number of aliphatic hydroxyl groups is 2. The number of hydrogen-bond acceptors (Lipinski definition) is 6. The fraction of sp³-hybridized carbons (Fsp3) is 0.500. The average molecular weight is 396 g/mol. The van der Waals surface area contributed by atoms with Crippen LogP contribution < -0.4 is 4.90 Å². The molecule has 3 heterocycles. The van der Waals surface area contributed by atoms with Gasteiger partial charge in [0.25, 0.3) is 0 Å². The van der Waals surface area contributed by atoms with E-state index in [0.717, 1.165) is 12.1 Å². The van der Waals surface area contributed by atoms with Crippen LogP contribution in [0.3, 0.4) is 0 Å². The molecule has 148 valence electrons. The number of amides is 2. The van der Waals surface area contributed by atoms with E-state index in [1.807, 2.05) is 0 Å². The molecule has 3 fully saturated rings. The summed E-state index contributed by atoms with van der Waals surface area (Å²) in [6.07, 6.45) is -7.71. The maximum atomic E-state index is 13.3. The fourth-order valence-electron chi connectivity index (χ4n) is 4.80. The number of nitriles is 1. The molecule has 0 aliphatic carbocycles. The van der Waals surface area contributed by atoms with Gasteiger partial charge in [-0.1, -0.05) is 0 Å². The lowest BCUT2D eigenvalue weighted by Gasteiger charge is -2.35. The van der Waals surface area contributed by atoms with Crippen molar-refractivity contribution in [2.75, 3.05) is 4.90 Å². The van der Waals surface area contributed by atoms with Crippen molar-refractivity contribution in [3.63, 3.8) is 0 Å².